The van der Waals surface area contributed by atoms with Crippen LogP contribution in [0.1, 0.15) is 26.7 Å². The number of fused-ring (bicyclic) bond motifs is 1. The molecular formula is C18H23N3O4. The van der Waals surface area contributed by atoms with Crippen molar-refractivity contribution < 1.29 is 19.1 Å². The van der Waals surface area contributed by atoms with Crippen LogP contribution in [0.5, 0.6) is 0 Å². The minimum absolute atomic E-state index is 0.121. The van der Waals surface area contributed by atoms with Crippen LogP contribution in [0, 0.1) is 5.92 Å². The number of likely N-dealkylation sites (N-methyl/N-ethyl adjacent to an activating group) is 1. The van der Waals surface area contributed by atoms with Gasteiger partial charge in [0.1, 0.15) is 11.1 Å². The lowest BCUT2D eigenvalue weighted by atomic mass is 9.93. The highest BCUT2D eigenvalue weighted by atomic mass is 16.4. The second-order valence-corrected chi connectivity index (χ2v) is 6.99. The molecule has 0 unspecified atom stereocenters. The molecule has 2 heterocycles. The van der Waals surface area contributed by atoms with Crippen LogP contribution in [-0.2, 0) is 9.59 Å². The molecule has 1 aliphatic rings. The minimum Gasteiger partial charge on any atom is -0.480 e. The van der Waals surface area contributed by atoms with Crippen molar-refractivity contribution in [3.05, 3.63) is 24.3 Å². The Kier molecular flexibility index (Phi) is 4.41. The number of hydrogen-bond acceptors (Lipinski definition) is 5. The number of aliphatic carboxylic acids is 1. The van der Waals surface area contributed by atoms with E-state index < -0.39 is 11.5 Å². The molecule has 1 aromatic heterocycles. The molecule has 0 bridgehead atoms. The molecule has 7 nitrogen and oxygen atoms in total. The Morgan fingerprint density at radius 3 is 2.52 bits per heavy atom. The fraction of sp³-hybridized carbons (Fsp3) is 0.500. The summed E-state index contributed by atoms with van der Waals surface area (Å²) in [5, 5.41) is 9.30. The lowest BCUT2D eigenvalue weighted by Crippen LogP contribution is -2.53. The third kappa shape index (κ3) is 3.18. The first-order valence-corrected chi connectivity index (χ1v) is 8.42. The smallest absolute Gasteiger partial charge is 0.329 e. The molecule has 0 aliphatic carbocycles. The monoisotopic (exact) mass is 345 g/mol. The van der Waals surface area contributed by atoms with Crippen molar-refractivity contribution in [1.82, 2.24) is 9.88 Å². The van der Waals surface area contributed by atoms with Gasteiger partial charge in [0.05, 0.1) is 0 Å². The number of aromatic nitrogens is 1. The van der Waals surface area contributed by atoms with Crippen molar-refractivity contribution in [2.24, 2.45) is 5.92 Å². The predicted octanol–water partition coefficient (Wildman–Crippen LogP) is 2.37. The molecule has 7 heteroatoms. The Morgan fingerprint density at radius 1 is 1.28 bits per heavy atom. The Balaban J connectivity index is 1.65. The van der Waals surface area contributed by atoms with Crippen molar-refractivity contribution in [2.75, 3.05) is 25.0 Å². The molecule has 1 N–H and O–H groups in total. The van der Waals surface area contributed by atoms with E-state index in [2.05, 4.69) is 4.98 Å². The molecule has 1 aromatic carbocycles. The lowest BCUT2D eigenvalue weighted by molar-refractivity contribution is -0.157. The van der Waals surface area contributed by atoms with Gasteiger partial charge in [0, 0.05) is 26.1 Å². The SMILES string of the molecule is CN(C(=O)C1CCN(c2nc3ccccc3o2)CC1)C(C)(C)C(=O)O. The van der Waals surface area contributed by atoms with Gasteiger partial charge in [-0.25, -0.2) is 4.79 Å². The van der Waals surface area contributed by atoms with Crippen molar-refractivity contribution in [3.8, 4) is 0 Å². The van der Waals surface area contributed by atoms with Gasteiger partial charge in [-0.15, -0.1) is 0 Å². The van der Waals surface area contributed by atoms with E-state index in [-0.39, 0.29) is 11.8 Å². The van der Waals surface area contributed by atoms with E-state index in [1.165, 1.54) is 4.90 Å². The van der Waals surface area contributed by atoms with E-state index in [1.54, 1.807) is 20.9 Å². The van der Waals surface area contributed by atoms with Gasteiger partial charge in [0.15, 0.2) is 5.58 Å². The molecule has 0 atom stereocenters. The summed E-state index contributed by atoms with van der Waals surface area (Å²) >= 11 is 0. The molecule has 3 rings (SSSR count). The molecular weight excluding hydrogens is 322 g/mol. The zero-order valence-corrected chi connectivity index (χ0v) is 14.7. The number of carboxylic acids is 1. The number of hydrogen-bond donors (Lipinski definition) is 1. The van der Waals surface area contributed by atoms with Crippen molar-refractivity contribution in [2.45, 2.75) is 32.2 Å². The van der Waals surface area contributed by atoms with E-state index in [0.717, 1.165) is 11.1 Å². The highest BCUT2D eigenvalue weighted by molar-refractivity contribution is 5.87. The standard InChI is InChI=1S/C18H23N3O4/c1-18(2,16(23)24)20(3)15(22)12-8-10-21(11-9-12)17-19-13-6-4-5-7-14(13)25-17/h4-7,12H,8-11H2,1-3H3,(H,23,24). The molecule has 0 radical (unpaired) electrons. The number of carbonyl (C=O) groups excluding carboxylic acids is 1. The number of piperidine rings is 1. The van der Waals surface area contributed by atoms with E-state index in [4.69, 9.17) is 4.42 Å². The second kappa shape index (κ2) is 6.38. The molecule has 1 saturated heterocycles. The number of benzene rings is 1. The van der Waals surface area contributed by atoms with E-state index in [1.807, 2.05) is 29.2 Å². The summed E-state index contributed by atoms with van der Waals surface area (Å²) in [6.45, 7) is 4.40. The Morgan fingerprint density at radius 2 is 1.92 bits per heavy atom. The van der Waals surface area contributed by atoms with Crippen LogP contribution in [-0.4, -0.2) is 52.5 Å². The number of para-hydroxylation sites is 2. The number of carboxylic acid groups (broad SMARTS) is 1. The number of oxazole rings is 1. The third-order valence-corrected chi connectivity index (χ3v) is 5.09. The largest absolute Gasteiger partial charge is 0.480 e. The maximum atomic E-state index is 12.6. The average molecular weight is 345 g/mol. The Hall–Kier alpha value is -2.57. The van der Waals surface area contributed by atoms with E-state index in [0.29, 0.717) is 31.9 Å². The first-order valence-electron chi connectivity index (χ1n) is 8.42. The molecule has 1 fully saturated rings. The first-order chi connectivity index (χ1) is 11.8. The normalized spacial score (nSPS) is 16.2. The number of anilines is 1. The number of nitrogens with zero attached hydrogens (tertiary/aromatic N) is 3. The molecule has 25 heavy (non-hydrogen) atoms. The summed E-state index contributed by atoms with van der Waals surface area (Å²) in [6.07, 6.45) is 1.30. The zero-order chi connectivity index (χ0) is 18.2. The van der Waals surface area contributed by atoms with Gasteiger partial charge in [-0.1, -0.05) is 12.1 Å². The summed E-state index contributed by atoms with van der Waals surface area (Å²) in [6, 6.07) is 8.18. The fourth-order valence-corrected chi connectivity index (χ4v) is 3.01. The van der Waals surface area contributed by atoms with Crippen molar-refractivity contribution in [3.63, 3.8) is 0 Å². The van der Waals surface area contributed by atoms with Crippen LogP contribution >= 0.6 is 0 Å². The zero-order valence-electron chi connectivity index (χ0n) is 14.7. The van der Waals surface area contributed by atoms with Gasteiger partial charge in [-0.2, -0.15) is 4.98 Å². The Bertz CT molecular complexity index is 757. The van der Waals surface area contributed by atoms with Crippen LogP contribution in [0.25, 0.3) is 11.1 Å². The molecule has 1 amide bonds. The molecule has 134 valence electrons. The fourth-order valence-electron chi connectivity index (χ4n) is 3.01. The van der Waals surface area contributed by atoms with Gasteiger partial charge >= 0.3 is 5.97 Å². The average Bonchev–Trinajstić information content (AvgIpc) is 3.04. The van der Waals surface area contributed by atoms with Crippen molar-refractivity contribution in [1.29, 1.82) is 0 Å². The van der Waals surface area contributed by atoms with Crippen LogP contribution in [0.3, 0.4) is 0 Å². The highest BCUT2D eigenvalue weighted by Crippen LogP contribution is 2.28. The van der Waals surface area contributed by atoms with Crippen LogP contribution < -0.4 is 4.90 Å². The van der Waals surface area contributed by atoms with Crippen LogP contribution in [0.2, 0.25) is 0 Å². The highest BCUT2D eigenvalue weighted by Gasteiger charge is 2.39. The maximum Gasteiger partial charge on any atom is 0.329 e. The van der Waals surface area contributed by atoms with Gasteiger partial charge < -0.3 is 19.3 Å². The maximum absolute atomic E-state index is 12.6. The third-order valence-electron chi connectivity index (χ3n) is 5.09. The van der Waals surface area contributed by atoms with Gasteiger partial charge in [-0.05, 0) is 38.8 Å². The second-order valence-electron chi connectivity index (χ2n) is 6.99. The first kappa shape index (κ1) is 17.3. The predicted molar refractivity (Wildman–Crippen MR) is 93.4 cm³/mol. The molecule has 0 spiro atoms. The van der Waals surface area contributed by atoms with Gasteiger partial charge in [0.2, 0.25) is 5.91 Å². The summed E-state index contributed by atoms with van der Waals surface area (Å²) in [7, 11) is 1.56. The number of amides is 1. The van der Waals surface area contributed by atoms with Gasteiger partial charge in [-0.3, -0.25) is 4.79 Å². The number of carbonyl (C=O) groups is 2. The van der Waals surface area contributed by atoms with Crippen LogP contribution in [0.4, 0.5) is 6.01 Å². The van der Waals surface area contributed by atoms with E-state index >= 15 is 0 Å². The lowest BCUT2D eigenvalue weighted by Gasteiger charge is -2.37. The van der Waals surface area contributed by atoms with Crippen LogP contribution in [0.15, 0.2) is 28.7 Å². The van der Waals surface area contributed by atoms with E-state index in [9.17, 15) is 14.7 Å². The quantitative estimate of drug-likeness (QED) is 0.915. The van der Waals surface area contributed by atoms with Crippen molar-refractivity contribution >= 4 is 29.0 Å². The molecule has 2 aromatic rings. The summed E-state index contributed by atoms with van der Waals surface area (Å²) in [5.41, 5.74) is 0.353. The molecule has 1 aliphatic heterocycles. The summed E-state index contributed by atoms with van der Waals surface area (Å²) < 4.78 is 5.78. The number of rotatable bonds is 4. The Labute approximate surface area is 146 Å². The summed E-state index contributed by atoms with van der Waals surface area (Å²) in [5.74, 6) is -1.30. The summed E-state index contributed by atoms with van der Waals surface area (Å²) in [4.78, 5) is 31.9. The topological polar surface area (TPSA) is 86.9 Å². The van der Waals surface area contributed by atoms with Gasteiger partial charge in [0.25, 0.3) is 6.01 Å². The molecule has 0 saturated carbocycles. The minimum atomic E-state index is -1.21.